The summed E-state index contributed by atoms with van der Waals surface area (Å²) in [5.74, 6) is -0.196. The van der Waals surface area contributed by atoms with Gasteiger partial charge in [-0.25, -0.2) is 0 Å². The van der Waals surface area contributed by atoms with Crippen LogP contribution >= 0.6 is 0 Å². The molecular formula is C15H16N2O2. The van der Waals surface area contributed by atoms with Crippen molar-refractivity contribution in [2.75, 3.05) is 7.05 Å². The van der Waals surface area contributed by atoms with Gasteiger partial charge in [-0.1, -0.05) is 35.9 Å². The standard InChI is InChI=1S/C15H16N2O2/c1-11-6-8-12(9-7-11)10-17(2)15(19)13-4-3-5-14(18)16-13/h3-9H,10H2,1-2H3,(H,16,18). The lowest BCUT2D eigenvalue weighted by Crippen LogP contribution is -2.28. The topological polar surface area (TPSA) is 53.2 Å². The molecule has 0 saturated heterocycles. The highest BCUT2D eigenvalue weighted by Crippen LogP contribution is 2.07. The molecule has 0 atom stereocenters. The number of aromatic amines is 1. The van der Waals surface area contributed by atoms with E-state index in [0.717, 1.165) is 5.56 Å². The van der Waals surface area contributed by atoms with E-state index in [4.69, 9.17) is 0 Å². The van der Waals surface area contributed by atoms with E-state index in [9.17, 15) is 9.59 Å². The van der Waals surface area contributed by atoms with E-state index in [1.807, 2.05) is 31.2 Å². The van der Waals surface area contributed by atoms with Crippen LogP contribution in [0.1, 0.15) is 21.6 Å². The molecule has 1 heterocycles. The van der Waals surface area contributed by atoms with Crippen LogP contribution in [0.15, 0.2) is 47.3 Å². The van der Waals surface area contributed by atoms with Gasteiger partial charge in [-0.15, -0.1) is 0 Å². The van der Waals surface area contributed by atoms with Crippen molar-refractivity contribution in [3.8, 4) is 0 Å². The monoisotopic (exact) mass is 256 g/mol. The Hall–Kier alpha value is -2.36. The van der Waals surface area contributed by atoms with Crippen molar-refractivity contribution in [3.05, 3.63) is 69.6 Å². The Morgan fingerprint density at radius 3 is 2.47 bits per heavy atom. The lowest BCUT2D eigenvalue weighted by Gasteiger charge is -2.17. The Kier molecular flexibility index (Phi) is 3.80. The van der Waals surface area contributed by atoms with Crippen LogP contribution < -0.4 is 5.56 Å². The van der Waals surface area contributed by atoms with E-state index in [2.05, 4.69) is 4.98 Å². The predicted octanol–water partition coefficient (Wildman–Crippen LogP) is 1.96. The molecule has 0 radical (unpaired) electrons. The van der Waals surface area contributed by atoms with Gasteiger partial charge in [0.15, 0.2) is 0 Å². The second-order valence-corrected chi connectivity index (χ2v) is 4.58. The zero-order valence-electron chi connectivity index (χ0n) is 11.0. The van der Waals surface area contributed by atoms with E-state index >= 15 is 0 Å². The molecule has 0 aliphatic rings. The summed E-state index contributed by atoms with van der Waals surface area (Å²) in [6, 6.07) is 12.6. The molecule has 1 aromatic carbocycles. The fourth-order valence-corrected chi connectivity index (χ4v) is 1.82. The van der Waals surface area contributed by atoms with E-state index in [1.165, 1.54) is 11.6 Å². The minimum Gasteiger partial charge on any atom is -0.336 e. The lowest BCUT2D eigenvalue weighted by atomic mass is 10.1. The number of nitrogens with zero attached hydrogens (tertiary/aromatic N) is 1. The van der Waals surface area contributed by atoms with Crippen molar-refractivity contribution in [2.24, 2.45) is 0 Å². The normalized spacial score (nSPS) is 10.2. The van der Waals surface area contributed by atoms with Crippen molar-refractivity contribution in [3.63, 3.8) is 0 Å². The molecule has 2 aromatic rings. The molecule has 4 nitrogen and oxygen atoms in total. The first kappa shape index (κ1) is 13.1. The first-order chi connectivity index (χ1) is 9.06. The maximum Gasteiger partial charge on any atom is 0.270 e. The van der Waals surface area contributed by atoms with Gasteiger partial charge in [0.2, 0.25) is 5.56 Å². The molecule has 1 N–H and O–H groups in total. The highest BCUT2D eigenvalue weighted by atomic mass is 16.2. The fraction of sp³-hybridized carbons (Fsp3) is 0.200. The molecule has 98 valence electrons. The van der Waals surface area contributed by atoms with Gasteiger partial charge in [0.25, 0.3) is 5.91 Å². The third-order valence-corrected chi connectivity index (χ3v) is 2.89. The van der Waals surface area contributed by atoms with Gasteiger partial charge in [-0.2, -0.15) is 0 Å². The van der Waals surface area contributed by atoms with Gasteiger partial charge < -0.3 is 9.88 Å². The Balaban J connectivity index is 2.11. The Morgan fingerprint density at radius 2 is 1.84 bits per heavy atom. The molecule has 0 saturated carbocycles. The fourth-order valence-electron chi connectivity index (χ4n) is 1.82. The van der Waals surface area contributed by atoms with Crippen molar-refractivity contribution < 1.29 is 4.79 Å². The number of nitrogens with one attached hydrogen (secondary N) is 1. The third kappa shape index (κ3) is 3.31. The molecule has 1 amide bonds. The number of H-pyrrole nitrogens is 1. The number of aromatic nitrogens is 1. The molecule has 1 aromatic heterocycles. The van der Waals surface area contributed by atoms with E-state index in [0.29, 0.717) is 12.2 Å². The molecule has 19 heavy (non-hydrogen) atoms. The minimum atomic E-state index is -0.269. The molecule has 0 spiro atoms. The molecule has 0 aliphatic carbocycles. The van der Waals surface area contributed by atoms with Crippen molar-refractivity contribution in [2.45, 2.75) is 13.5 Å². The van der Waals surface area contributed by atoms with Crippen LogP contribution in [0, 0.1) is 6.92 Å². The third-order valence-electron chi connectivity index (χ3n) is 2.89. The van der Waals surface area contributed by atoms with Gasteiger partial charge in [0, 0.05) is 19.7 Å². The molecule has 2 rings (SSSR count). The van der Waals surface area contributed by atoms with Crippen LogP contribution in [-0.4, -0.2) is 22.8 Å². The van der Waals surface area contributed by atoms with Crippen LogP contribution in [-0.2, 0) is 6.54 Å². The Labute approximate surface area is 111 Å². The summed E-state index contributed by atoms with van der Waals surface area (Å²) in [7, 11) is 1.72. The molecular weight excluding hydrogens is 240 g/mol. The number of carbonyl (C=O) groups excluding carboxylic acids is 1. The zero-order valence-corrected chi connectivity index (χ0v) is 11.0. The average molecular weight is 256 g/mol. The molecule has 0 unspecified atom stereocenters. The quantitative estimate of drug-likeness (QED) is 0.912. The van der Waals surface area contributed by atoms with Gasteiger partial charge >= 0.3 is 0 Å². The van der Waals surface area contributed by atoms with Gasteiger partial charge in [0.05, 0.1) is 0 Å². The highest BCUT2D eigenvalue weighted by Gasteiger charge is 2.12. The number of aryl methyl sites for hydroxylation is 1. The van der Waals surface area contributed by atoms with Gasteiger partial charge in [0.1, 0.15) is 5.69 Å². The summed E-state index contributed by atoms with van der Waals surface area (Å²) in [5, 5.41) is 0. The molecule has 4 heteroatoms. The molecule has 0 aliphatic heterocycles. The van der Waals surface area contributed by atoms with Crippen LogP contribution in [0.5, 0.6) is 0 Å². The van der Waals surface area contributed by atoms with Gasteiger partial charge in [-0.05, 0) is 18.6 Å². The van der Waals surface area contributed by atoms with Crippen molar-refractivity contribution in [1.29, 1.82) is 0 Å². The number of benzene rings is 1. The summed E-state index contributed by atoms with van der Waals surface area (Å²) in [5.41, 5.74) is 2.28. The van der Waals surface area contributed by atoms with Crippen molar-refractivity contribution >= 4 is 5.91 Å². The minimum absolute atomic E-state index is 0.196. The predicted molar refractivity (Wildman–Crippen MR) is 74.0 cm³/mol. The van der Waals surface area contributed by atoms with E-state index in [-0.39, 0.29) is 11.5 Å². The van der Waals surface area contributed by atoms with Crippen LogP contribution in [0.3, 0.4) is 0 Å². The molecule has 0 fully saturated rings. The van der Waals surface area contributed by atoms with Crippen LogP contribution in [0.25, 0.3) is 0 Å². The number of amides is 1. The number of hydrogen-bond donors (Lipinski definition) is 1. The van der Waals surface area contributed by atoms with Crippen molar-refractivity contribution in [1.82, 2.24) is 9.88 Å². The SMILES string of the molecule is Cc1ccc(CN(C)C(=O)c2cccc(=O)[nH]2)cc1. The summed E-state index contributed by atoms with van der Waals surface area (Å²) in [4.78, 5) is 27.4. The maximum absolute atomic E-state index is 12.1. The second kappa shape index (κ2) is 5.52. The summed E-state index contributed by atoms with van der Waals surface area (Å²) >= 11 is 0. The summed E-state index contributed by atoms with van der Waals surface area (Å²) in [6.07, 6.45) is 0. The number of hydrogen-bond acceptors (Lipinski definition) is 2. The number of pyridine rings is 1. The first-order valence-electron chi connectivity index (χ1n) is 6.06. The largest absolute Gasteiger partial charge is 0.336 e. The van der Waals surface area contributed by atoms with Crippen LogP contribution in [0.2, 0.25) is 0 Å². The number of carbonyl (C=O) groups is 1. The number of rotatable bonds is 3. The first-order valence-corrected chi connectivity index (χ1v) is 6.06. The van der Waals surface area contributed by atoms with Crippen LogP contribution in [0.4, 0.5) is 0 Å². The smallest absolute Gasteiger partial charge is 0.270 e. The van der Waals surface area contributed by atoms with E-state index in [1.54, 1.807) is 24.1 Å². The second-order valence-electron chi connectivity index (χ2n) is 4.58. The Morgan fingerprint density at radius 1 is 1.16 bits per heavy atom. The maximum atomic E-state index is 12.1. The highest BCUT2D eigenvalue weighted by molar-refractivity contribution is 5.91. The average Bonchev–Trinajstić information content (AvgIpc) is 2.40. The zero-order chi connectivity index (χ0) is 13.8. The summed E-state index contributed by atoms with van der Waals surface area (Å²) < 4.78 is 0. The molecule has 0 bridgehead atoms. The van der Waals surface area contributed by atoms with Gasteiger partial charge in [-0.3, -0.25) is 9.59 Å². The summed E-state index contributed by atoms with van der Waals surface area (Å²) in [6.45, 7) is 2.53. The lowest BCUT2D eigenvalue weighted by molar-refractivity contribution is 0.0779. The Bertz CT molecular complexity index is 629. The van der Waals surface area contributed by atoms with E-state index < -0.39 is 0 Å².